The highest BCUT2D eigenvalue weighted by Crippen LogP contribution is 2.10. The molecule has 5 nitrogen and oxygen atoms in total. The molecule has 0 amide bonds. The quantitative estimate of drug-likeness (QED) is 0.765. The zero-order valence-corrected chi connectivity index (χ0v) is 8.86. The van der Waals surface area contributed by atoms with Crippen LogP contribution in [0, 0.1) is 13.8 Å². The molecule has 2 aromatic heterocycles. The smallest absolute Gasteiger partial charge is 0.256 e. The summed E-state index contributed by atoms with van der Waals surface area (Å²) in [7, 11) is 0. The van der Waals surface area contributed by atoms with Gasteiger partial charge < -0.3 is 5.32 Å². The fourth-order valence-electron chi connectivity index (χ4n) is 1.51. The molecular formula is C10H13N5. The monoisotopic (exact) mass is 203 g/mol. The van der Waals surface area contributed by atoms with Crippen LogP contribution in [0.5, 0.6) is 0 Å². The third kappa shape index (κ3) is 1.68. The molecule has 0 aliphatic carbocycles. The number of aryl methyl sites for hydroxylation is 2. The van der Waals surface area contributed by atoms with E-state index in [-0.39, 0.29) is 0 Å². The van der Waals surface area contributed by atoms with Gasteiger partial charge in [-0.1, -0.05) is 6.08 Å². The molecule has 0 saturated carbocycles. The van der Waals surface area contributed by atoms with Gasteiger partial charge in [0.1, 0.15) is 0 Å². The predicted octanol–water partition coefficient (Wildman–Crippen LogP) is 1.34. The van der Waals surface area contributed by atoms with Crippen LogP contribution in [0.2, 0.25) is 0 Å². The minimum absolute atomic E-state index is 0.624. The highest BCUT2D eigenvalue weighted by atomic mass is 15.3. The second kappa shape index (κ2) is 3.68. The van der Waals surface area contributed by atoms with Crippen LogP contribution in [0.3, 0.4) is 0 Å². The van der Waals surface area contributed by atoms with E-state index in [1.807, 2.05) is 24.3 Å². The highest BCUT2D eigenvalue weighted by molar-refractivity contribution is 5.42. The maximum Gasteiger partial charge on any atom is 0.256 e. The average molecular weight is 203 g/mol. The van der Waals surface area contributed by atoms with Crippen LogP contribution in [0.25, 0.3) is 5.78 Å². The van der Waals surface area contributed by atoms with Crippen molar-refractivity contribution >= 4 is 11.7 Å². The summed E-state index contributed by atoms with van der Waals surface area (Å²) in [5, 5.41) is 11.1. The SMILES string of the molecule is C=CCNc1nnc2nc(C)cc(C)n12. The van der Waals surface area contributed by atoms with E-state index >= 15 is 0 Å². The maximum atomic E-state index is 4.29. The average Bonchev–Trinajstić information content (AvgIpc) is 2.58. The first-order valence-electron chi connectivity index (χ1n) is 4.76. The molecule has 0 aliphatic rings. The molecule has 0 aliphatic heterocycles. The van der Waals surface area contributed by atoms with Gasteiger partial charge in [0.2, 0.25) is 5.95 Å². The van der Waals surface area contributed by atoms with E-state index < -0.39 is 0 Å². The summed E-state index contributed by atoms with van der Waals surface area (Å²) in [5.74, 6) is 1.33. The third-order valence-electron chi connectivity index (χ3n) is 2.10. The summed E-state index contributed by atoms with van der Waals surface area (Å²) in [4.78, 5) is 4.29. The number of hydrogen-bond donors (Lipinski definition) is 1. The fourth-order valence-corrected chi connectivity index (χ4v) is 1.51. The van der Waals surface area contributed by atoms with E-state index in [9.17, 15) is 0 Å². The Balaban J connectivity index is 2.53. The Bertz CT molecular complexity index is 500. The van der Waals surface area contributed by atoms with Gasteiger partial charge in [0.15, 0.2) is 0 Å². The van der Waals surface area contributed by atoms with Crippen LogP contribution >= 0.6 is 0 Å². The van der Waals surface area contributed by atoms with Crippen LogP contribution in [0.15, 0.2) is 18.7 Å². The lowest BCUT2D eigenvalue weighted by Gasteiger charge is -2.04. The van der Waals surface area contributed by atoms with E-state index in [1.165, 1.54) is 0 Å². The zero-order chi connectivity index (χ0) is 10.8. The van der Waals surface area contributed by atoms with Crippen molar-refractivity contribution in [3.8, 4) is 0 Å². The third-order valence-corrected chi connectivity index (χ3v) is 2.10. The van der Waals surface area contributed by atoms with Crippen molar-refractivity contribution in [1.29, 1.82) is 0 Å². The molecule has 2 heterocycles. The summed E-state index contributed by atoms with van der Waals surface area (Å²) in [6, 6.07) is 2.00. The van der Waals surface area contributed by atoms with Crippen LogP contribution in [0.1, 0.15) is 11.4 Å². The van der Waals surface area contributed by atoms with Crippen LogP contribution < -0.4 is 5.32 Å². The second-order valence-electron chi connectivity index (χ2n) is 3.37. The molecule has 1 N–H and O–H groups in total. The van der Waals surface area contributed by atoms with Gasteiger partial charge >= 0.3 is 0 Å². The summed E-state index contributed by atoms with van der Waals surface area (Å²) in [6.45, 7) is 8.25. The van der Waals surface area contributed by atoms with Crippen molar-refractivity contribution in [3.63, 3.8) is 0 Å². The number of aromatic nitrogens is 4. The molecule has 15 heavy (non-hydrogen) atoms. The van der Waals surface area contributed by atoms with Crippen molar-refractivity contribution in [3.05, 3.63) is 30.1 Å². The zero-order valence-electron chi connectivity index (χ0n) is 8.86. The first-order valence-corrected chi connectivity index (χ1v) is 4.76. The van der Waals surface area contributed by atoms with Crippen molar-refractivity contribution in [2.75, 3.05) is 11.9 Å². The molecule has 0 bridgehead atoms. The van der Waals surface area contributed by atoms with E-state index in [2.05, 4.69) is 27.1 Å². The van der Waals surface area contributed by atoms with E-state index in [0.29, 0.717) is 18.3 Å². The van der Waals surface area contributed by atoms with Crippen molar-refractivity contribution in [2.24, 2.45) is 0 Å². The van der Waals surface area contributed by atoms with Crippen LogP contribution in [-0.2, 0) is 0 Å². The Labute approximate surface area is 87.9 Å². The van der Waals surface area contributed by atoms with Gasteiger partial charge in [-0.15, -0.1) is 16.8 Å². The number of rotatable bonds is 3. The molecule has 78 valence electrons. The van der Waals surface area contributed by atoms with Gasteiger partial charge in [0.25, 0.3) is 5.78 Å². The molecule has 0 spiro atoms. The van der Waals surface area contributed by atoms with Gasteiger partial charge in [-0.25, -0.2) is 4.98 Å². The van der Waals surface area contributed by atoms with Crippen molar-refractivity contribution in [2.45, 2.75) is 13.8 Å². The first-order chi connectivity index (χ1) is 7.22. The van der Waals surface area contributed by atoms with Crippen molar-refractivity contribution < 1.29 is 0 Å². The van der Waals surface area contributed by atoms with Crippen LogP contribution in [0.4, 0.5) is 5.95 Å². The van der Waals surface area contributed by atoms with Gasteiger partial charge in [0, 0.05) is 17.9 Å². The maximum absolute atomic E-state index is 4.29. The lowest BCUT2D eigenvalue weighted by Crippen LogP contribution is -2.05. The largest absolute Gasteiger partial charge is 0.351 e. The van der Waals surface area contributed by atoms with E-state index in [1.54, 1.807) is 6.08 Å². The molecule has 5 heteroatoms. The molecule has 0 aromatic carbocycles. The molecule has 0 saturated heterocycles. The summed E-state index contributed by atoms with van der Waals surface area (Å²) < 4.78 is 1.89. The van der Waals surface area contributed by atoms with E-state index in [4.69, 9.17) is 0 Å². The number of fused-ring (bicyclic) bond motifs is 1. The van der Waals surface area contributed by atoms with Crippen molar-refractivity contribution in [1.82, 2.24) is 19.6 Å². The number of anilines is 1. The Morgan fingerprint density at radius 2 is 2.27 bits per heavy atom. The minimum Gasteiger partial charge on any atom is -0.351 e. The highest BCUT2D eigenvalue weighted by Gasteiger charge is 2.07. The molecule has 2 rings (SSSR count). The minimum atomic E-state index is 0.624. The molecule has 0 unspecified atom stereocenters. The Morgan fingerprint density at radius 1 is 1.47 bits per heavy atom. The van der Waals surface area contributed by atoms with E-state index in [0.717, 1.165) is 11.4 Å². The van der Waals surface area contributed by atoms with Gasteiger partial charge in [-0.2, -0.15) is 0 Å². The van der Waals surface area contributed by atoms with Crippen LogP contribution in [-0.4, -0.2) is 26.1 Å². The summed E-state index contributed by atoms with van der Waals surface area (Å²) >= 11 is 0. The lowest BCUT2D eigenvalue weighted by atomic mass is 10.3. The normalized spacial score (nSPS) is 10.5. The molecule has 2 aromatic rings. The number of nitrogens with one attached hydrogen (secondary N) is 1. The molecule has 0 fully saturated rings. The Kier molecular flexibility index (Phi) is 2.37. The first kappa shape index (κ1) is 9.64. The Hall–Kier alpha value is -1.91. The topological polar surface area (TPSA) is 55.1 Å². The standard InChI is InChI=1S/C10H13N5/c1-4-5-11-9-13-14-10-12-7(2)6-8(3)15(9)10/h4,6H,1,5H2,2-3H3,(H,11,13). The predicted molar refractivity (Wildman–Crippen MR) is 58.9 cm³/mol. The molecule has 0 radical (unpaired) electrons. The van der Waals surface area contributed by atoms with Gasteiger partial charge in [-0.05, 0) is 19.9 Å². The summed E-state index contributed by atoms with van der Waals surface area (Å²) in [5.41, 5.74) is 2.01. The Morgan fingerprint density at radius 3 is 3.00 bits per heavy atom. The lowest BCUT2D eigenvalue weighted by molar-refractivity contribution is 1.01. The molecule has 0 atom stereocenters. The van der Waals surface area contributed by atoms with Gasteiger partial charge in [-0.3, -0.25) is 4.40 Å². The number of hydrogen-bond acceptors (Lipinski definition) is 4. The fraction of sp³-hybridized carbons (Fsp3) is 0.300. The second-order valence-corrected chi connectivity index (χ2v) is 3.37. The summed E-state index contributed by atoms with van der Waals surface area (Å²) in [6.07, 6.45) is 1.78. The molecular weight excluding hydrogens is 190 g/mol. The van der Waals surface area contributed by atoms with Gasteiger partial charge in [0.05, 0.1) is 0 Å². The number of nitrogens with zero attached hydrogens (tertiary/aromatic N) is 4.